The lowest BCUT2D eigenvalue weighted by molar-refractivity contribution is -0.140. The van der Waals surface area contributed by atoms with E-state index < -0.39 is 17.7 Å². The summed E-state index contributed by atoms with van der Waals surface area (Å²) in [6.45, 7) is 11.5. The van der Waals surface area contributed by atoms with Crippen LogP contribution >= 0.6 is 0 Å². The fourth-order valence-corrected chi connectivity index (χ4v) is 4.62. The van der Waals surface area contributed by atoms with Gasteiger partial charge in [0.25, 0.3) is 11.7 Å². The van der Waals surface area contributed by atoms with Crippen molar-refractivity contribution in [2.24, 2.45) is 0 Å². The fourth-order valence-electron chi connectivity index (χ4n) is 4.62. The molecule has 2 aromatic rings. The lowest BCUT2D eigenvalue weighted by Gasteiger charge is -2.28. The number of carbonyl (C=O) groups is 2. The predicted molar refractivity (Wildman–Crippen MR) is 146 cm³/mol. The first-order valence-electron chi connectivity index (χ1n) is 13.2. The molecule has 1 fully saturated rings. The molecule has 1 unspecified atom stereocenters. The van der Waals surface area contributed by atoms with Gasteiger partial charge in [-0.1, -0.05) is 69.5 Å². The highest BCUT2D eigenvalue weighted by molar-refractivity contribution is 6.46. The van der Waals surface area contributed by atoms with Crippen LogP contribution in [0.25, 0.3) is 5.76 Å². The third-order valence-electron chi connectivity index (χ3n) is 6.93. The fraction of sp³-hybridized carbons (Fsp3) is 0.467. The second-order valence-electron chi connectivity index (χ2n) is 9.35. The highest BCUT2D eigenvalue weighted by atomic mass is 16.5. The van der Waals surface area contributed by atoms with Crippen LogP contribution in [0.3, 0.4) is 0 Å². The Bertz CT molecular complexity index is 1110. The Balaban J connectivity index is 2.06. The maximum absolute atomic E-state index is 13.3. The Labute approximate surface area is 220 Å². The number of rotatable bonds is 13. The van der Waals surface area contributed by atoms with Crippen molar-refractivity contribution in [3.63, 3.8) is 0 Å². The number of carbonyl (C=O) groups excluding carboxylic acids is 2. The molecule has 1 aliphatic rings. The van der Waals surface area contributed by atoms with Crippen LogP contribution in [0.15, 0.2) is 48.0 Å². The van der Waals surface area contributed by atoms with Crippen LogP contribution in [-0.2, 0) is 9.59 Å². The molecule has 3 rings (SSSR count). The molecule has 0 radical (unpaired) electrons. The van der Waals surface area contributed by atoms with Crippen LogP contribution in [0.5, 0.6) is 11.5 Å². The van der Waals surface area contributed by atoms with E-state index in [9.17, 15) is 14.7 Å². The summed E-state index contributed by atoms with van der Waals surface area (Å²) in [5.41, 5.74) is 2.31. The lowest BCUT2D eigenvalue weighted by Crippen LogP contribution is -2.38. The van der Waals surface area contributed by atoms with Gasteiger partial charge in [0.15, 0.2) is 11.5 Å². The smallest absolute Gasteiger partial charge is 0.295 e. The quantitative estimate of drug-likeness (QED) is 0.170. The minimum Gasteiger partial charge on any atom is -0.507 e. The highest BCUT2D eigenvalue weighted by Crippen LogP contribution is 2.42. The number of amides is 1. The number of aliphatic hydroxyl groups is 1. The number of ether oxygens (including phenoxy) is 2. The first kappa shape index (κ1) is 28.3. The summed E-state index contributed by atoms with van der Waals surface area (Å²) in [5.74, 6) is -0.321. The minimum absolute atomic E-state index is 0.0899. The van der Waals surface area contributed by atoms with Crippen molar-refractivity contribution < 1.29 is 24.2 Å². The summed E-state index contributed by atoms with van der Waals surface area (Å²) in [6, 6.07) is 12.0. The molecule has 1 N–H and O–H groups in total. The number of benzene rings is 2. The molecular weight excluding hydrogens is 468 g/mol. The van der Waals surface area contributed by atoms with Gasteiger partial charge in [-0.2, -0.15) is 0 Å². The number of methoxy groups -OCH3 is 1. The number of unbranched alkanes of at least 4 members (excludes halogenated alkanes) is 2. The van der Waals surface area contributed by atoms with Gasteiger partial charge in [-0.05, 0) is 44.1 Å². The van der Waals surface area contributed by atoms with Gasteiger partial charge < -0.3 is 24.4 Å². The highest BCUT2D eigenvalue weighted by Gasteiger charge is 2.46. The van der Waals surface area contributed by atoms with E-state index in [2.05, 4.69) is 25.7 Å². The largest absolute Gasteiger partial charge is 0.507 e. The van der Waals surface area contributed by atoms with E-state index >= 15 is 0 Å². The summed E-state index contributed by atoms with van der Waals surface area (Å²) < 4.78 is 11.6. The molecule has 2 aromatic carbocycles. The van der Waals surface area contributed by atoms with Gasteiger partial charge in [-0.15, -0.1) is 0 Å². The summed E-state index contributed by atoms with van der Waals surface area (Å²) >= 11 is 0. The Hall–Kier alpha value is -3.32. The first-order valence-corrected chi connectivity index (χ1v) is 13.2. The van der Waals surface area contributed by atoms with E-state index in [4.69, 9.17) is 9.47 Å². The van der Waals surface area contributed by atoms with E-state index in [1.54, 1.807) is 30.2 Å². The second kappa shape index (κ2) is 13.3. The molecule has 0 bridgehead atoms. The second-order valence-corrected chi connectivity index (χ2v) is 9.35. The van der Waals surface area contributed by atoms with Crippen molar-refractivity contribution in [1.82, 2.24) is 9.80 Å². The van der Waals surface area contributed by atoms with Gasteiger partial charge in [0, 0.05) is 18.7 Å². The van der Waals surface area contributed by atoms with Crippen LogP contribution in [0, 0.1) is 6.92 Å². The van der Waals surface area contributed by atoms with E-state index in [0.29, 0.717) is 42.3 Å². The molecule has 1 saturated heterocycles. The van der Waals surface area contributed by atoms with Gasteiger partial charge in [0.05, 0.1) is 25.3 Å². The zero-order valence-electron chi connectivity index (χ0n) is 22.8. The Morgan fingerprint density at radius 3 is 2.32 bits per heavy atom. The third kappa shape index (κ3) is 6.52. The lowest BCUT2D eigenvalue weighted by atomic mass is 9.94. The summed E-state index contributed by atoms with van der Waals surface area (Å²) in [6.07, 6.45) is 3.14. The first-order chi connectivity index (χ1) is 17.9. The average Bonchev–Trinajstić information content (AvgIpc) is 3.16. The average molecular weight is 509 g/mol. The standard InChI is InChI=1S/C30H40N2O5/c1-6-9-10-19-37-24-16-15-23(20-25(24)36-5)27-26(28(33)22-13-11-21(4)12-14-22)29(34)30(35)32(27)18-17-31(7-2)8-3/h11-16,20,27,33H,6-10,17-19H2,1-5H3/b28-26+. The van der Waals surface area contributed by atoms with Crippen LogP contribution < -0.4 is 9.47 Å². The van der Waals surface area contributed by atoms with Gasteiger partial charge in [0.1, 0.15) is 5.76 Å². The maximum Gasteiger partial charge on any atom is 0.295 e. The molecule has 1 atom stereocenters. The number of hydrogen-bond acceptors (Lipinski definition) is 6. The van der Waals surface area contributed by atoms with Crippen LogP contribution in [0.1, 0.15) is 62.8 Å². The molecule has 0 aliphatic carbocycles. The van der Waals surface area contributed by atoms with Crippen molar-refractivity contribution in [3.05, 3.63) is 64.7 Å². The van der Waals surface area contributed by atoms with Gasteiger partial charge >= 0.3 is 0 Å². The Kier molecular flexibility index (Phi) is 10.1. The van der Waals surface area contributed by atoms with Crippen molar-refractivity contribution in [3.8, 4) is 11.5 Å². The molecule has 1 aliphatic heterocycles. The van der Waals surface area contributed by atoms with Gasteiger partial charge in [0.2, 0.25) is 0 Å². The number of aliphatic hydroxyl groups excluding tert-OH is 1. The summed E-state index contributed by atoms with van der Waals surface area (Å²) in [5, 5.41) is 11.3. The summed E-state index contributed by atoms with van der Waals surface area (Å²) in [4.78, 5) is 30.3. The van der Waals surface area contributed by atoms with Crippen LogP contribution in [0.4, 0.5) is 0 Å². The molecule has 1 amide bonds. The molecule has 37 heavy (non-hydrogen) atoms. The molecule has 0 saturated carbocycles. The normalized spacial score (nSPS) is 17.0. The monoisotopic (exact) mass is 508 g/mol. The van der Waals surface area contributed by atoms with Crippen molar-refractivity contribution in [2.75, 3.05) is 39.9 Å². The summed E-state index contributed by atoms with van der Waals surface area (Å²) in [7, 11) is 1.57. The minimum atomic E-state index is -0.736. The zero-order valence-corrected chi connectivity index (χ0v) is 22.8. The zero-order chi connectivity index (χ0) is 26.9. The molecular formula is C30H40N2O5. The molecule has 200 valence electrons. The van der Waals surface area contributed by atoms with E-state index in [-0.39, 0.29) is 11.3 Å². The van der Waals surface area contributed by atoms with E-state index in [1.807, 2.05) is 31.2 Å². The topological polar surface area (TPSA) is 79.3 Å². The number of hydrogen-bond donors (Lipinski definition) is 1. The molecule has 7 heteroatoms. The Morgan fingerprint density at radius 2 is 1.70 bits per heavy atom. The predicted octanol–water partition coefficient (Wildman–Crippen LogP) is 5.34. The number of aryl methyl sites for hydroxylation is 1. The van der Waals surface area contributed by atoms with Crippen molar-refractivity contribution in [1.29, 1.82) is 0 Å². The molecule has 0 aromatic heterocycles. The third-order valence-corrected chi connectivity index (χ3v) is 6.93. The SMILES string of the molecule is CCCCCOc1ccc(C2/C(=C(\O)c3ccc(C)cc3)C(=O)C(=O)N2CCN(CC)CC)cc1OC. The maximum atomic E-state index is 13.3. The van der Waals surface area contributed by atoms with E-state index in [1.165, 1.54) is 0 Å². The van der Waals surface area contributed by atoms with Gasteiger partial charge in [-0.25, -0.2) is 0 Å². The van der Waals surface area contributed by atoms with Crippen molar-refractivity contribution in [2.45, 2.75) is 53.0 Å². The number of Topliss-reactive ketones (excluding diaryl/α,β-unsaturated/α-hetero) is 1. The van der Waals surface area contributed by atoms with Crippen LogP contribution in [0.2, 0.25) is 0 Å². The van der Waals surface area contributed by atoms with Crippen molar-refractivity contribution >= 4 is 17.4 Å². The van der Waals surface area contributed by atoms with E-state index in [0.717, 1.165) is 37.9 Å². The number of ketones is 1. The number of likely N-dealkylation sites (N-methyl/N-ethyl adjacent to an activating group) is 1. The number of likely N-dealkylation sites (tertiary alicyclic amines) is 1. The Morgan fingerprint density at radius 1 is 1.00 bits per heavy atom. The molecule has 0 spiro atoms. The number of nitrogens with zero attached hydrogens (tertiary/aromatic N) is 2. The van der Waals surface area contributed by atoms with Crippen LogP contribution in [-0.4, -0.2) is 66.5 Å². The molecule has 7 nitrogen and oxygen atoms in total. The van der Waals surface area contributed by atoms with Gasteiger partial charge in [-0.3, -0.25) is 9.59 Å². The molecule has 1 heterocycles.